The van der Waals surface area contributed by atoms with E-state index in [2.05, 4.69) is 0 Å². The van der Waals surface area contributed by atoms with Crippen LogP contribution >= 0.6 is 7.14 Å². The van der Waals surface area contributed by atoms with Crippen LogP contribution in [0.15, 0.2) is 60.7 Å². The van der Waals surface area contributed by atoms with E-state index in [-0.39, 0.29) is 5.92 Å². The number of benzene rings is 2. The van der Waals surface area contributed by atoms with Gasteiger partial charge in [-0.15, -0.1) is 0 Å². The van der Waals surface area contributed by atoms with Gasteiger partial charge in [0.1, 0.15) is 7.14 Å². The first-order valence-electron chi connectivity index (χ1n) is 6.92. The van der Waals surface area contributed by atoms with E-state index in [1.165, 1.54) is 0 Å². The van der Waals surface area contributed by atoms with Crippen LogP contribution < -0.4 is 10.6 Å². The van der Waals surface area contributed by atoms with Gasteiger partial charge in [0.25, 0.3) is 0 Å². The molecule has 2 aromatic carbocycles. The van der Waals surface area contributed by atoms with E-state index in [9.17, 15) is 9.67 Å². The summed E-state index contributed by atoms with van der Waals surface area (Å²) in [5.41, 5.74) is 0. The molecule has 2 aromatic rings. The van der Waals surface area contributed by atoms with Crippen molar-refractivity contribution in [2.45, 2.75) is 20.0 Å². The van der Waals surface area contributed by atoms with Crippen molar-refractivity contribution in [3.05, 3.63) is 60.7 Å². The predicted molar refractivity (Wildman–Crippen MR) is 85.5 cm³/mol. The zero-order valence-electron chi connectivity index (χ0n) is 11.9. The number of hydrogen-bond acceptors (Lipinski definition) is 2. The van der Waals surface area contributed by atoms with Crippen molar-refractivity contribution in [2.24, 2.45) is 5.92 Å². The Balaban J connectivity index is 2.47. The quantitative estimate of drug-likeness (QED) is 0.859. The molecule has 0 heterocycles. The molecule has 0 unspecified atom stereocenters. The first-order valence-corrected chi connectivity index (χ1v) is 8.81. The van der Waals surface area contributed by atoms with Gasteiger partial charge < -0.3 is 9.67 Å². The van der Waals surface area contributed by atoms with Gasteiger partial charge in [-0.1, -0.05) is 67.6 Å². The molecule has 0 aliphatic carbocycles. The summed E-state index contributed by atoms with van der Waals surface area (Å²) >= 11 is 0. The normalized spacial score (nSPS) is 14.8. The van der Waals surface area contributed by atoms with E-state index in [0.717, 1.165) is 10.6 Å². The zero-order chi connectivity index (χ0) is 14.6. The molecule has 0 aliphatic rings. The van der Waals surface area contributed by atoms with Crippen molar-refractivity contribution in [3.63, 3.8) is 0 Å². The molecule has 0 spiro atoms. The molecule has 20 heavy (non-hydrogen) atoms. The molecule has 0 aliphatic heterocycles. The minimum Gasteiger partial charge on any atom is -0.393 e. The van der Waals surface area contributed by atoms with Gasteiger partial charge in [-0.3, -0.25) is 0 Å². The van der Waals surface area contributed by atoms with Gasteiger partial charge >= 0.3 is 0 Å². The van der Waals surface area contributed by atoms with Gasteiger partial charge in [-0.2, -0.15) is 0 Å². The lowest BCUT2D eigenvalue weighted by Crippen LogP contribution is -2.25. The molecule has 0 aromatic heterocycles. The van der Waals surface area contributed by atoms with Gasteiger partial charge in [0.05, 0.1) is 6.10 Å². The van der Waals surface area contributed by atoms with E-state index in [4.69, 9.17) is 0 Å². The Kier molecular flexibility index (Phi) is 4.80. The van der Waals surface area contributed by atoms with Gasteiger partial charge in [-0.05, 0) is 12.8 Å². The summed E-state index contributed by atoms with van der Waals surface area (Å²) in [5.74, 6) is -0.0127. The smallest absolute Gasteiger partial charge is 0.143 e. The van der Waals surface area contributed by atoms with Gasteiger partial charge in [0, 0.05) is 16.8 Å². The fourth-order valence-electron chi connectivity index (χ4n) is 2.26. The second-order valence-electron chi connectivity index (χ2n) is 5.31. The maximum atomic E-state index is 13.6. The van der Waals surface area contributed by atoms with Crippen LogP contribution in [0.4, 0.5) is 0 Å². The maximum absolute atomic E-state index is 13.6. The topological polar surface area (TPSA) is 37.3 Å². The number of aliphatic hydroxyl groups excluding tert-OH is 1. The van der Waals surface area contributed by atoms with Crippen LogP contribution in [0.2, 0.25) is 0 Å². The molecule has 2 atom stereocenters. The SMILES string of the molecule is C[C@H](CP(=O)(c1ccccc1)c1ccccc1)[C@@H](C)O. The molecule has 0 saturated heterocycles. The number of hydrogen-bond donors (Lipinski definition) is 1. The molecule has 2 nitrogen and oxygen atoms in total. The van der Waals surface area contributed by atoms with Crippen LogP contribution in [0, 0.1) is 5.92 Å². The van der Waals surface area contributed by atoms with E-state index in [1.807, 2.05) is 67.6 Å². The van der Waals surface area contributed by atoms with Crippen molar-refractivity contribution >= 4 is 17.8 Å². The highest BCUT2D eigenvalue weighted by Crippen LogP contribution is 2.45. The van der Waals surface area contributed by atoms with Crippen LogP contribution in [0.3, 0.4) is 0 Å². The lowest BCUT2D eigenvalue weighted by atomic mass is 10.1. The second kappa shape index (κ2) is 6.39. The summed E-state index contributed by atoms with van der Waals surface area (Å²) in [4.78, 5) is 0. The molecule has 106 valence electrons. The molecular formula is C17H21O2P. The lowest BCUT2D eigenvalue weighted by molar-refractivity contribution is 0.146. The Morgan fingerprint density at radius 3 is 1.65 bits per heavy atom. The summed E-state index contributed by atoms with van der Waals surface area (Å²) in [5, 5.41) is 11.5. The highest BCUT2D eigenvalue weighted by atomic mass is 31.2. The molecule has 3 heteroatoms. The highest BCUT2D eigenvalue weighted by Gasteiger charge is 2.30. The minimum absolute atomic E-state index is 0.0127. The van der Waals surface area contributed by atoms with Crippen molar-refractivity contribution in [1.29, 1.82) is 0 Å². The Bertz CT molecular complexity index is 535. The average Bonchev–Trinajstić information content (AvgIpc) is 2.48. The van der Waals surface area contributed by atoms with Gasteiger partial charge in [0.2, 0.25) is 0 Å². The van der Waals surface area contributed by atoms with E-state index < -0.39 is 13.2 Å². The van der Waals surface area contributed by atoms with E-state index >= 15 is 0 Å². The molecule has 0 fully saturated rings. The summed E-state index contributed by atoms with van der Waals surface area (Å²) in [6.07, 6.45) is 0.0225. The Hall–Kier alpha value is -1.37. The third-order valence-electron chi connectivity index (χ3n) is 3.72. The van der Waals surface area contributed by atoms with Crippen molar-refractivity contribution in [2.75, 3.05) is 6.16 Å². The predicted octanol–water partition coefficient (Wildman–Crippen LogP) is 3.02. The summed E-state index contributed by atoms with van der Waals surface area (Å²) in [6.45, 7) is 3.70. The molecular weight excluding hydrogens is 267 g/mol. The van der Waals surface area contributed by atoms with Crippen LogP contribution in [0.1, 0.15) is 13.8 Å². The standard InChI is InChI=1S/C17H21O2P/c1-14(15(2)18)13-20(19,16-9-5-3-6-10-16)17-11-7-4-8-12-17/h3-12,14-15,18H,13H2,1-2H3/t14-,15-/m1/s1. The van der Waals surface area contributed by atoms with Crippen LogP contribution in [0.25, 0.3) is 0 Å². The molecule has 0 bridgehead atoms. The van der Waals surface area contributed by atoms with Crippen molar-refractivity contribution in [3.8, 4) is 0 Å². The monoisotopic (exact) mass is 288 g/mol. The Morgan fingerprint density at radius 1 is 0.900 bits per heavy atom. The first-order chi connectivity index (χ1) is 9.54. The molecule has 2 rings (SSSR count). The molecule has 0 amide bonds. The first kappa shape index (κ1) is 15.0. The Morgan fingerprint density at radius 2 is 1.30 bits per heavy atom. The van der Waals surface area contributed by atoms with Crippen molar-refractivity contribution in [1.82, 2.24) is 0 Å². The lowest BCUT2D eigenvalue weighted by Gasteiger charge is -2.24. The number of rotatable bonds is 5. The highest BCUT2D eigenvalue weighted by molar-refractivity contribution is 7.78. The van der Waals surface area contributed by atoms with Crippen LogP contribution in [0.5, 0.6) is 0 Å². The summed E-state index contributed by atoms with van der Waals surface area (Å²) < 4.78 is 13.6. The van der Waals surface area contributed by atoms with Gasteiger partial charge in [0.15, 0.2) is 0 Å². The van der Waals surface area contributed by atoms with Gasteiger partial charge in [-0.25, -0.2) is 0 Å². The third kappa shape index (κ3) is 3.20. The summed E-state index contributed by atoms with van der Waals surface area (Å²) in [7, 11) is -2.69. The molecule has 0 radical (unpaired) electrons. The number of aliphatic hydroxyl groups is 1. The summed E-state index contributed by atoms with van der Waals surface area (Å²) in [6, 6.07) is 19.2. The van der Waals surface area contributed by atoms with Crippen LogP contribution in [-0.4, -0.2) is 17.4 Å². The third-order valence-corrected chi connectivity index (χ3v) is 7.07. The average molecular weight is 288 g/mol. The largest absolute Gasteiger partial charge is 0.393 e. The molecule has 1 N–H and O–H groups in total. The zero-order valence-corrected chi connectivity index (χ0v) is 12.8. The maximum Gasteiger partial charge on any atom is 0.143 e. The van der Waals surface area contributed by atoms with E-state index in [1.54, 1.807) is 6.92 Å². The fraction of sp³-hybridized carbons (Fsp3) is 0.294. The minimum atomic E-state index is -2.69. The second-order valence-corrected chi connectivity index (χ2v) is 8.19. The van der Waals surface area contributed by atoms with Crippen LogP contribution in [-0.2, 0) is 4.57 Å². The fourth-order valence-corrected chi connectivity index (χ4v) is 5.40. The molecule has 0 saturated carbocycles. The van der Waals surface area contributed by atoms with E-state index in [0.29, 0.717) is 6.16 Å². The Labute approximate surface area is 120 Å². The van der Waals surface area contributed by atoms with Crippen molar-refractivity contribution < 1.29 is 9.67 Å².